The summed E-state index contributed by atoms with van der Waals surface area (Å²) in [5.74, 6) is -0.0449. The summed E-state index contributed by atoms with van der Waals surface area (Å²) >= 11 is 5.86. The molecule has 3 aromatic rings. The second kappa shape index (κ2) is 8.36. The SMILES string of the molecule is C=Cc1nn(C)cc1C1(O)CC2CC(c3ncn(C)c3C(=O)Nc3ccc(F)c(Cl)c3)CC2C1. The summed E-state index contributed by atoms with van der Waals surface area (Å²) in [6.45, 7) is 3.84. The zero-order valence-electron chi connectivity index (χ0n) is 19.1. The van der Waals surface area contributed by atoms with E-state index in [1.54, 1.807) is 28.7 Å². The molecule has 9 heteroatoms. The third kappa shape index (κ3) is 3.84. The predicted molar refractivity (Wildman–Crippen MR) is 128 cm³/mol. The van der Waals surface area contributed by atoms with Crippen LogP contribution in [0.2, 0.25) is 5.02 Å². The van der Waals surface area contributed by atoms with E-state index in [0.29, 0.717) is 36.1 Å². The molecule has 5 rings (SSSR count). The molecule has 2 saturated carbocycles. The van der Waals surface area contributed by atoms with E-state index in [0.717, 1.165) is 29.8 Å². The van der Waals surface area contributed by atoms with Crippen LogP contribution in [0.25, 0.3) is 6.08 Å². The maximum Gasteiger partial charge on any atom is 0.274 e. The van der Waals surface area contributed by atoms with Crippen LogP contribution in [0.15, 0.2) is 37.3 Å². The van der Waals surface area contributed by atoms with E-state index < -0.39 is 11.4 Å². The fraction of sp³-hybridized carbons (Fsp3) is 0.400. The van der Waals surface area contributed by atoms with Gasteiger partial charge in [-0.15, -0.1) is 0 Å². The number of imidazole rings is 1. The Morgan fingerprint density at radius 3 is 2.68 bits per heavy atom. The van der Waals surface area contributed by atoms with Gasteiger partial charge in [0.25, 0.3) is 5.91 Å². The third-order valence-electron chi connectivity index (χ3n) is 7.34. The lowest BCUT2D eigenvalue weighted by atomic mass is 9.87. The average Bonchev–Trinajstić information content (AvgIpc) is 3.52. The topological polar surface area (TPSA) is 85.0 Å². The lowest BCUT2D eigenvalue weighted by molar-refractivity contribution is 0.0342. The summed E-state index contributed by atoms with van der Waals surface area (Å²) in [5.41, 5.74) is 2.33. The number of nitrogens with one attached hydrogen (secondary N) is 1. The van der Waals surface area contributed by atoms with Crippen molar-refractivity contribution in [2.24, 2.45) is 25.9 Å². The van der Waals surface area contributed by atoms with Crippen LogP contribution in [-0.4, -0.2) is 30.3 Å². The van der Waals surface area contributed by atoms with Crippen molar-refractivity contribution in [1.29, 1.82) is 0 Å². The number of nitrogens with zero attached hydrogens (tertiary/aromatic N) is 4. The summed E-state index contributed by atoms with van der Waals surface area (Å²) < 4.78 is 16.9. The van der Waals surface area contributed by atoms with E-state index in [-0.39, 0.29) is 16.8 Å². The zero-order valence-corrected chi connectivity index (χ0v) is 19.9. The third-order valence-corrected chi connectivity index (χ3v) is 7.63. The van der Waals surface area contributed by atoms with E-state index in [1.165, 1.54) is 18.2 Å². The molecule has 0 radical (unpaired) electrons. The number of aliphatic hydroxyl groups is 1. The van der Waals surface area contributed by atoms with Crippen LogP contribution in [0, 0.1) is 17.7 Å². The van der Waals surface area contributed by atoms with Crippen LogP contribution in [0.5, 0.6) is 0 Å². The zero-order chi connectivity index (χ0) is 24.2. The largest absolute Gasteiger partial charge is 0.385 e. The Labute approximate surface area is 202 Å². The highest BCUT2D eigenvalue weighted by Gasteiger charge is 2.51. The lowest BCUT2D eigenvalue weighted by Crippen LogP contribution is -2.24. The van der Waals surface area contributed by atoms with E-state index in [1.807, 2.05) is 13.2 Å². The van der Waals surface area contributed by atoms with E-state index in [2.05, 4.69) is 22.0 Å². The highest BCUT2D eigenvalue weighted by molar-refractivity contribution is 6.31. The van der Waals surface area contributed by atoms with Gasteiger partial charge in [0.15, 0.2) is 0 Å². The number of hydrogen-bond acceptors (Lipinski definition) is 4. The number of rotatable bonds is 5. The molecule has 0 spiro atoms. The molecule has 2 heterocycles. The number of benzene rings is 1. The first-order valence-corrected chi connectivity index (χ1v) is 11.7. The van der Waals surface area contributed by atoms with Crippen molar-refractivity contribution in [3.05, 3.63) is 70.8 Å². The summed E-state index contributed by atoms with van der Waals surface area (Å²) in [6, 6.07) is 4.09. The summed E-state index contributed by atoms with van der Waals surface area (Å²) in [5, 5.41) is 18.6. The molecular weight excluding hydrogens is 457 g/mol. The number of carbonyl (C=O) groups excluding carboxylic acids is 1. The molecule has 2 fully saturated rings. The molecule has 2 atom stereocenters. The summed E-state index contributed by atoms with van der Waals surface area (Å²) in [4.78, 5) is 17.7. The normalized spacial score (nSPS) is 26.0. The Hall–Kier alpha value is -2.97. The monoisotopic (exact) mass is 483 g/mol. The predicted octanol–water partition coefficient (Wildman–Crippen LogP) is 4.63. The summed E-state index contributed by atoms with van der Waals surface area (Å²) in [7, 11) is 3.63. The maximum atomic E-state index is 13.5. The molecule has 34 heavy (non-hydrogen) atoms. The minimum Gasteiger partial charge on any atom is -0.385 e. The first-order valence-electron chi connectivity index (χ1n) is 11.3. The Kier molecular flexibility index (Phi) is 5.61. The molecular formula is C25H27ClFN5O2. The molecule has 2 aromatic heterocycles. The average molecular weight is 484 g/mol. The first kappa shape index (κ1) is 22.8. The molecule has 0 saturated heterocycles. The van der Waals surface area contributed by atoms with Crippen LogP contribution in [-0.2, 0) is 19.7 Å². The van der Waals surface area contributed by atoms with Gasteiger partial charge in [0.1, 0.15) is 11.5 Å². The second-order valence-electron chi connectivity index (χ2n) is 9.61. The van der Waals surface area contributed by atoms with Crippen LogP contribution >= 0.6 is 11.6 Å². The van der Waals surface area contributed by atoms with E-state index in [9.17, 15) is 14.3 Å². The molecule has 0 bridgehead atoms. The number of hydrogen-bond donors (Lipinski definition) is 2. The van der Waals surface area contributed by atoms with E-state index in [4.69, 9.17) is 11.6 Å². The van der Waals surface area contributed by atoms with Gasteiger partial charge in [0, 0.05) is 37.5 Å². The highest BCUT2D eigenvalue weighted by Crippen LogP contribution is 2.57. The number of aryl methyl sites for hydroxylation is 2. The fourth-order valence-electron chi connectivity index (χ4n) is 5.91. The smallest absolute Gasteiger partial charge is 0.274 e. The highest BCUT2D eigenvalue weighted by atomic mass is 35.5. The van der Waals surface area contributed by atoms with Crippen LogP contribution < -0.4 is 5.32 Å². The van der Waals surface area contributed by atoms with Gasteiger partial charge in [0.2, 0.25) is 0 Å². The van der Waals surface area contributed by atoms with Crippen LogP contribution in [0.1, 0.15) is 59.0 Å². The maximum absolute atomic E-state index is 13.5. The Bertz CT molecular complexity index is 1270. The van der Waals surface area contributed by atoms with Crippen LogP contribution in [0.4, 0.5) is 10.1 Å². The molecule has 0 aliphatic heterocycles. The van der Waals surface area contributed by atoms with E-state index >= 15 is 0 Å². The molecule has 2 N–H and O–H groups in total. The standard InChI is InChI=1S/C25H27ClFN5O2/c1-4-21-18(12-32(3)30-21)25(34)10-15-7-14(8-16(15)11-25)22-23(31(2)13-28-22)24(33)29-17-5-6-20(27)19(26)9-17/h4-6,9,12-16,34H,1,7-8,10-11H2,2-3H3,(H,29,33). The van der Waals surface area contributed by atoms with Crippen molar-refractivity contribution in [3.63, 3.8) is 0 Å². The van der Waals surface area contributed by atoms with Crippen molar-refractivity contribution in [2.75, 3.05) is 5.32 Å². The number of amides is 1. The molecule has 2 aliphatic carbocycles. The van der Waals surface area contributed by atoms with Crippen molar-refractivity contribution >= 4 is 29.3 Å². The van der Waals surface area contributed by atoms with Crippen LogP contribution in [0.3, 0.4) is 0 Å². The molecule has 1 aromatic carbocycles. The Morgan fingerprint density at radius 1 is 1.32 bits per heavy atom. The second-order valence-corrected chi connectivity index (χ2v) is 10.0. The number of anilines is 1. The van der Waals surface area contributed by atoms with Crippen molar-refractivity contribution in [2.45, 2.75) is 37.2 Å². The van der Waals surface area contributed by atoms with Gasteiger partial charge in [-0.05, 0) is 61.8 Å². The van der Waals surface area contributed by atoms with Gasteiger partial charge < -0.3 is 15.0 Å². The van der Waals surface area contributed by atoms with Crippen molar-refractivity contribution in [3.8, 4) is 0 Å². The van der Waals surface area contributed by atoms with Crippen molar-refractivity contribution in [1.82, 2.24) is 19.3 Å². The Balaban J connectivity index is 1.33. The van der Waals surface area contributed by atoms with Gasteiger partial charge in [-0.2, -0.15) is 5.10 Å². The molecule has 1 amide bonds. The van der Waals surface area contributed by atoms with Gasteiger partial charge in [0.05, 0.1) is 28.3 Å². The molecule has 178 valence electrons. The minimum atomic E-state index is -0.912. The Morgan fingerprint density at radius 2 is 2.03 bits per heavy atom. The number of carbonyl (C=O) groups is 1. The van der Waals surface area contributed by atoms with Gasteiger partial charge in [-0.1, -0.05) is 18.2 Å². The number of fused-ring (bicyclic) bond motifs is 1. The lowest BCUT2D eigenvalue weighted by Gasteiger charge is -2.24. The summed E-state index contributed by atoms with van der Waals surface area (Å²) in [6.07, 6.45) is 8.26. The van der Waals surface area contributed by atoms with Gasteiger partial charge in [-0.3, -0.25) is 9.48 Å². The first-order chi connectivity index (χ1) is 16.2. The molecule has 2 aliphatic rings. The van der Waals surface area contributed by atoms with Gasteiger partial charge >= 0.3 is 0 Å². The van der Waals surface area contributed by atoms with Crippen molar-refractivity contribution < 1.29 is 14.3 Å². The quantitative estimate of drug-likeness (QED) is 0.554. The fourth-order valence-corrected chi connectivity index (χ4v) is 6.09. The number of aromatic nitrogens is 4. The molecule has 7 nitrogen and oxygen atoms in total. The minimum absolute atomic E-state index is 0.0487. The molecule has 2 unspecified atom stereocenters. The van der Waals surface area contributed by atoms with Gasteiger partial charge in [-0.25, -0.2) is 9.37 Å². The number of halogens is 2.